The molecule has 0 saturated heterocycles. The molecule has 0 fully saturated rings. The van der Waals surface area contributed by atoms with Gasteiger partial charge < -0.3 is 5.32 Å². The molecule has 1 N–H and O–H groups in total. The molecular weight excluding hydrogens is 285 g/mol. The van der Waals surface area contributed by atoms with E-state index in [4.69, 9.17) is 23.2 Å². The van der Waals surface area contributed by atoms with E-state index in [1.807, 2.05) is 25.2 Å². The van der Waals surface area contributed by atoms with E-state index in [0.717, 1.165) is 5.56 Å². The van der Waals surface area contributed by atoms with Crippen LogP contribution in [0.5, 0.6) is 0 Å². The number of hydrogen-bond acceptors (Lipinski definition) is 2. The van der Waals surface area contributed by atoms with Crippen LogP contribution in [0.25, 0.3) is 0 Å². The second kappa shape index (κ2) is 5.62. The van der Waals surface area contributed by atoms with Gasteiger partial charge in [0.15, 0.2) is 0 Å². The van der Waals surface area contributed by atoms with Gasteiger partial charge in [0.1, 0.15) is 0 Å². The number of thiophene rings is 1. The third-order valence-electron chi connectivity index (χ3n) is 3.05. The van der Waals surface area contributed by atoms with Gasteiger partial charge in [-0.2, -0.15) is 0 Å². The molecule has 1 nitrogen and oxygen atoms in total. The van der Waals surface area contributed by atoms with Crippen LogP contribution in [0.4, 0.5) is 0 Å². The predicted octanol–water partition coefficient (Wildman–Crippen LogP) is 4.98. The number of aryl methyl sites for hydroxylation is 2. The van der Waals surface area contributed by atoms with Crippen molar-refractivity contribution in [3.05, 3.63) is 55.2 Å². The van der Waals surface area contributed by atoms with Crippen molar-refractivity contribution in [1.82, 2.24) is 5.32 Å². The summed E-state index contributed by atoms with van der Waals surface area (Å²) in [6.45, 7) is 4.26. The van der Waals surface area contributed by atoms with Crippen LogP contribution in [0.15, 0.2) is 24.3 Å². The second-order valence-electron chi connectivity index (χ2n) is 4.25. The third-order valence-corrected chi connectivity index (χ3v) is 5.10. The fourth-order valence-electron chi connectivity index (χ4n) is 1.94. The lowest BCUT2D eigenvalue weighted by Gasteiger charge is -2.17. The van der Waals surface area contributed by atoms with Crippen LogP contribution in [-0.4, -0.2) is 7.05 Å². The van der Waals surface area contributed by atoms with E-state index < -0.39 is 0 Å². The van der Waals surface area contributed by atoms with Crippen molar-refractivity contribution in [2.75, 3.05) is 7.05 Å². The van der Waals surface area contributed by atoms with Crippen molar-refractivity contribution in [3.63, 3.8) is 0 Å². The lowest BCUT2D eigenvalue weighted by molar-refractivity contribution is 0.704. The molecular formula is C14H15Cl2NS. The third kappa shape index (κ3) is 2.57. The number of rotatable bonds is 3. The van der Waals surface area contributed by atoms with E-state index in [0.29, 0.717) is 10.0 Å². The van der Waals surface area contributed by atoms with Gasteiger partial charge in [0.2, 0.25) is 0 Å². The van der Waals surface area contributed by atoms with E-state index in [2.05, 4.69) is 25.2 Å². The van der Waals surface area contributed by atoms with E-state index in [-0.39, 0.29) is 6.04 Å². The topological polar surface area (TPSA) is 12.0 Å². The number of benzene rings is 1. The molecule has 1 atom stereocenters. The monoisotopic (exact) mass is 299 g/mol. The van der Waals surface area contributed by atoms with Gasteiger partial charge in [-0.25, -0.2) is 0 Å². The average molecular weight is 300 g/mol. The van der Waals surface area contributed by atoms with Crippen LogP contribution in [-0.2, 0) is 0 Å². The highest BCUT2D eigenvalue weighted by Crippen LogP contribution is 2.36. The zero-order valence-corrected chi connectivity index (χ0v) is 12.9. The van der Waals surface area contributed by atoms with Crippen molar-refractivity contribution in [3.8, 4) is 0 Å². The minimum Gasteiger partial charge on any atom is -0.309 e. The van der Waals surface area contributed by atoms with Gasteiger partial charge >= 0.3 is 0 Å². The molecule has 0 bridgehead atoms. The van der Waals surface area contributed by atoms with Gasteiger partial charge in [0.25, 0.3) is 0 Å². The lowest BCUT2D eigenvalue weighted by atomic mass is 10.0. The van der Waals surface area contributed by atoms with Crippen molar-refractivity contribution in [2.45, 2.75) is 19.9 Å². The minimum atomic E-state index is 0.0913. The molecule has 0 aliphatic rings. The maximum atomic E-state index is 6.30. The molecule has 1 aromatic carbocycles. The van der Waals surface area contributed by atoms with Gasteiger partial charge in [-0.05, 0) is 44.2 Å². The fraction of sp³-hybridized carbons (Fsp3) is 0.286. The Kier molecular flexibility index (Phi) is 4.33. The normalized spacial score (nSPS) is 12.7. The summed E-state index contributed by atoms with van der Waals surface area (Å²) >= 11 is 14.2. The van der Waals surface area contributed by atoms with E-state index in [1.165, 1.54) is 15.3 Å². The van der Waals surface area contributed by atoms with E-state index in [1.54, 1.807) is 11.3 Å². The SMILES string of the molecule is CNC(c1cc(C)c(C)s1)c1cccc(Cl)c1Cl. The smallest absolute Gasteiger partial charge is 0.0683 e. The summed E-state index contributed by atoms with van der Waals surface area (Å²) in [7, 11) is 1.94. The first-order valence-electron chi connectivity index (χ1n) is 5.72. The first-order valence-corrected chi connectivity index (χ1v) is 7.30. The molecule has 0 amide bonds. The standard InChI is InChI=1S/C14H15Cl2NS/c1-8-7-12(18-9(8)2)14(17-3)10-5-4-6-11(15)13(10)16/h4-7,14,17H,1-3H3. The number of halogens is 2. The van der Waals surface area contributed by atoms with Crippen LogP contribution < -0.4 is 5.32 Å². The Morgan fingerprint density at radius 3 is 2.50 bits per heavy atom. The Morgan fingerprint density at radius 2 is 1.94 bits per heavy atom. The van der Waals surface area contributed by atoms with Crippen molar-refractivity contribution in [1.29, 1.82) is 0 Å². The van der Waals surface area contributed by atoms with Crippen LogP contribution in [0.1, 0.15) is 26.9 Å². The first-order chi connectivity index (χ1) is 8.54. The molecule has 0 spiro atoms. The maximum absolute atomic E-state index is 6.30. The van der Waals surface area contributed by atoms with Crippen molar-refractivity contribution in [2.24, 2.45) is 0 Å². The van der Waals surface area contributed by atoms with Gasteiger partial charge in [-0.1, -0.05) is 35.3 Å². The van der Waals surface area contributed by atoms with Crippen LogP contribution in [0, 0.1) is 13.8 Å². The Hall–Kier alpha value is -0.540. The Labute approximate surface area is 122 Å². The quantitative estimate of drug-likeness (QED) is 0.843. The highest BCUT2D eigenvalue weighted by atomic mass is 35.5. The Balaban J connectivity index is 2.48. The zero-order valence-electron chi connectivity index (χ0n) is 10.6. The average Bonchev–Trinajstić information content (AvgIpc) is 2.66. The summed E-state index contributed by atoms with van der Waals surface area (Å²) in [6, 6.07) is 8.05. The molecule has 96 valence electrons. The molecule has 2 rings (SSSR count). The van der Waals surface area contributed by atoms with Crippen LogP contribution in [0.2, 0.25) is 10.0 Å². The Bertz CT molecular complexity index is 543. The summed E-state index contributed by atoms with van der Waals surface area (Å²) in [5, 5.41) is 4.53. The van der Waals surface area contributed by atoms with Gasteiger partial charge in [-0.15, -0.1) is 11.3 Å². The highest BCUT2D eigenvalue weighted by molar-refractivity contribution is 7.12. The molecule has 0 aliphatic heterocycles. The maximum Gasteiger partial charge on any atom is 0.0683 e. The molecule has 1 aromatic heterocycles. The lowest BCUT2D eigenvalue weighted by Crippen LogP contribution is -2.16. The van der Waals surface area contributed by atoms with Gasteiger partial charge in [-0.3, -0.25) is 0 Å². The number of nitrogens with one attached hydrogen (secondary N) is 1. The molecule has 0 aliphatic carbocycles. The largest absolute Gasteiger partial charge is 0.309 e. The predicted molar refractivity (Wildman–Crippen MR) is 81.2 cm³/mol. The highest BCUT2D eigenvalue weighted by Gasteiger charge is 2.18. The van der Waals surface area contributed by atoms with Crippen LogP contribution >= 0.6 is 34.5 Å². The first kappa shape index (κ1) is 13.9. The molecule has 4 heteroatoms. The molecule has 18 heavy (non-hydrogen) atoms. The fourth-order valence-corrected chi connectivity index (χ4v) is 3.53. The van der Waals surface area contributed by atoms with E-state index in [9.17, 15) is 0 Å². The molecule has 0 saturated carbocycles. The summed E-state index contributed by atoms with van der Waals surface area (Å²) in [6.07, 6.45) is 0. The molecule has 2 aromatic rings. The summed E-state index contributed by atoms with van der Waals surface area (Å²) in [5.74, 6) is 0. The van der Waals surface area contributed by atoms with Gasteiger partial charge in [0.05, 0.1) is 16.1 Å². The summed E-state index contributed by atoms with van der Waals surface area (Å²) < 4.78 is 0. The summed E-state index contributed by atoms with van der Waals surface area (Å²) in [4.78, 5) is 2.60. The molecule has 0 radical (unpaired) electrons. The molecule has 1 unspecified atom stereocenters. The second-order valence-corrected chi connectivity index (χ2v) is 6.33. The Morgan fingerprint density at radius 1 is 1.22 bits per heavy atom. The zero-order chi connectivity index (χ0) is 13.3. The minimum absolute atomic E-state index is 0.0913. The summed E-state index contributed by atoms with van der Waals surface area (Å²) in [5.41, 5.74) is 2.33. The number of hydrogen-bond donors (Lipinski definition) is 1. The molecule has 1 heterocycles. The van der Waals surface area contributed by atoms with Crippen molar-refractivity contribution >= 4 is 34.5 Å². The van der Waals surface area contributed by atoms with Crippen LogP contribution in [0.3, 0.4) is 0 Å². The van der Waals surface area contributed by atoms with Crippen molar-refractivity contribution < 1.29 is 0 Å². The van der Waals surface area contributed by atoms with Gasteiger partial charge in [0, 0.05) is 9.75 Å². The van der Waals surface area contributed by atoms with E-state index >= 15 is 0 Å².